The Hall–Kier alpha value is -1.50. The van der Waals surface area contributed by atoms with Gasteiger partial charge in [0, 0.05) is 32.2 Å². The summed E-state index contributed by atoms with van der Waals surface area (Å²) in [5.74, 6) is 4.14. The molecule has 1 aliphatic carbocycles. The van der Waals surface area contributed by atoms with E-state index in [0.717, 1.165) is 56.5 Å². The van der Waals surface area contributed by atoms with Gasteiger partial charge >= 0.3 is 0 Å². The summed E-state index contributed by atoms with van der Waals surface area (Å²) in [4.78, 5) is 14.9. The molecule has 0 bridgehead atoms. The summed E-state index contributed by atoms with van der Waals surface area (Å²) in [6.45, 7) is 18.9. The lowest BCUT2D eigenvalue weighted by molar-refractivity contribution is 0.0448. The average molecular weight is 530 g/mol. The molecule has 7 heteroatoms. The van der Waals surface area contributed by atoms with Crippen LogP contribution in [0.25, 0.3) is 0 Å². The maximum atomic E-state index is 9.47. The van der Waals surface area contributed by atoms with Crippen LogP contribution in [-0.2, 0) is 0 Å². The van der Waals surface area contributed by atoms with Gasteiger partial charge in [-0.25, -0.2) is 0 Å². The Morgan fingerprint density at radius 3 is 2.29 bits per heavy atom. The summed E-state index contributed by atoms with van der Waals surface area (Å²) in [6.07, 6.45) is 13.3. The van der Waals surface area contributed by atoms with Crippen molar-refractivity contribution >= 4 is 11.9 Å². The van der Waals surface area contributed by atoms with Crippen LogP contribution < -0.4 is 5.73 Å². The van der Waals surface area contributed by atoms with E-state index in [4.69, 9.17) is 5.73 Å². The minimum Gasteiger partial charge on any atom is -0.370 e. The Bertz CT molecular complexity index is 787. The third-order valence-corrected chi connectivity index (χ3v) is 10.0. The molecule has 0 unspecified atom stereocenters. The van der Waals surface area contributed by atoms with Crippen LogP contribution in [0.3, 0.4) is 0 Å². The van der Waals surface area contributed by atoms with E-state index in [9.17, 15) is 5.41 Å². The van der Waals surface area contributed by atoms with Gasteiger partial charge in [-0.2, -0.15) is 0 Å². The normalized spacial score (nSPS) is 28.6. The molecule has 0 amide bonds. The first kappa shape index (κ1) is 29.5. The molecule has 3 N–H and O–H groups in total. The van der Waals surface area contributed by atoms with E-state index in [-0.39, 0.29) is 0 Å². The summed E-state index contributed by atoms with van der Waals surface area (Å²) < 4.78 is 0. The SMILES string of the molecule is CC(C)CCCN1C(=N)N([C@H](CC2CCCCC2)N2CCC[C@H]2CN2C(N)=NC[C@H]2C(C)C)C[C@H]1C(C)C. The maximum Gasteiger partial charge on any atom is 0.195 e. The summed E-state index contributed by atoms with van der Waals surface area (Å²) in [5, 5.41) is 9.47. The summed E-state index contributed by atoms with van der Waals surface area (Å²) in [6, 6.07) is 1.34. The van der Waals surface area contributed by atoms with Crippen molar-refractivity contribution in [3.63, 3.8) is 0 Å². The quantitative estimate of drug-likeness (QED) is 0.353. The van der Waals surface area contributed by atoms with Crippen molar-refractivity contribution in [2.75, 3.05) is 32.7 Å². The van der Waals surface area contributed by atoms with Gasteiger partial charge in [-0.05, 0) is 55.8 Å². The van der Waals surface area contributed by atoms with Crippen LogP contribution >= 0.6 is 0 Å². The molecule has 3 heterocycles. The first-order chi connectivity index (χ1) is 18.2. The van der Waals surface area contributed by atoms with E-state index in [1.165, 1.54) is 64.2 Å². The van der Waals surface area contributed by atoms with Crippen LogP contribution in [0.1, 0.15) is 106 Å². The molecule has 0 spiro atoms. The summed E-state index contributed by atoms with van der Waals surface area (Å²) >= 11 is 0. The second kappa shape index (κ2) is 13.2. The van der Waals surface area contributed by atoms with E-state index in [0.29, 0.717) is 36.1 Å². The van der Waals surface area contributed by atoms with Gasteiger partial charge in [-0.3, -0.25) is 15.3 Å². The number of aliphatic imine (C=N–C) groups is 1. The van der Waals surface area contributed by atoms with Crippen molar-refractivity contribution in [2.45, 2.75) is 130 Å². The van der Waals surface area contributed by atoms with Gasteiger partial charge in [0.1, 0.15) is 0 Å². The number of hydrogen-bond donors (Lipinski definition) is 2. The fourth-order valence-corrected chi connectivity index (χ4v) is 7.67. The standard InChI is InChI=1S/C31H59N7/c1-22(2)12-10-17-36-28(24(5)6)21-38(31(36)33)29(18-25-13-8-7-9-14-25)35-16-11-15-26(35)20-37-27(23(3)4)19-34-30(37)32/h22-29,33H,7-21H2,1-6H3,(H2,32,34)/t26-,27-,28-,29+/m0/s1. The van der Waals surface area contributed by atoms with E-state index in [1.807, 2.05) is 0 Å². The lowest BCUT2D eigenvalue weighted by Gasteiger charge is -2.43. The highest BCUT2D eigenvalue weighted by molar-refractivity contribution is 5.80. The first-order valence-electron chi connectivity index (χ1n) is 16.1. The summed E-state index contributed by atoms with van der Waals surface area (Å²) in [7, 11) is 0. The molecule has 1 saturated carbocycles. The zero-order valence-electron chi connectivity index (χ0n) is 25.5. The Balaban J connectivity index is 1.55. The van der Waals surface area contributed by atoms with Crippen LogP contribution in [0.15, 0.2) is 4.99 Å². The average Bonchev–Trinajstić information content (AvgIpc) is 3.57. The Kier molecular flexibility index (Phi) is 10.3. The predicted molar refractivity (Wildman–Crippen MR) is 160 cm³/mol. The number of guanidine groups is 2. The summed E-state index contributed by atoms with van der Waals surface area (Å²) in [5.41, 5.74) is 6.44. The van der Waals surface area contributed by atoms with Crippen LogP contribution in [0, 0.1) is 29.1 Å². The molecule has 4 rings (SSSR count). The number of likely N-dealkylation sites (tertiary alicyclic amines) is 1. The molecule has 7 nitrogen and oxygen atoms in total. The Morgan fingerprint density at radius 2 is 1.63 bits per heavy atom. The number of nitrogens with one attached hydrogen (secondary N) is 1. The first-order valence-corrected chi connectivity index (χ1v) is 16.1. The van der Waals surface area contributed by atoms with Gasteiger partial charge in [-0.15, -0.1) is 0 Å². The molecule has 4 atom stereocenters. The van der Waals surface area contributed by atoms with Crippen molar-refractivity contribution in [1.82, 2.24) is 19.6 Å². The van der Waals surface area contributed by atoms with Crippen LogP contribution in [-0.4, -0.2) is 88.5 Å². The fraction of sp³-hybridized carbons (Fsp3) is 0.935. The number of rotatable bonds is 12. The van der Waals surface area contributed by atoms with E-state index in [2.05, 4.69) is 66.1 Å². The van der Waals surface area contributed by atoms with Crippen LogP contribution in [0.4, 0.5) is 0 Å². The van der Waals surface area contributed by atoms with E-state index < -0.39 is 0 Å². The Morgan fingerprint density at radius 1 is 0.921 bits per heavy atom. The molecular formula is C31H59N7. The van der Waals surface area contributed by atoms with Gasteiger partial charge < -0.3 is 20.4 Å². The van der Waals surface area contributed by atoms with Gasteiger partial charge in [-0.1, -0.05) is 73.6 Å². The van der Waals surface area contributed by atoms with Crippen molar-refractivity contribution in [3.05, 3.63) is 0 Å². The second-order valence-corrected chi connectivity index (χ2v) is 13.9. The minimum absolute atomic E-state index is 0.327. The van der Waals surface area contributed by atoms with Gasteiger partial charge in [0.15, 0.2) is 11.9 Å². The van der Waals surface area contributed by atoms with Gasteiger partial charge in [0.05, 0.1) is 24.8 Å². The van der Waals surface area contributed by atoms with E-state index >= 15 is 0 Å². The minimum atomic E-state index is 0.327. The number of hydrogen-bond acceptors (Lipinski definition) is 5. The van der Waals surface area contributed by atoms with Crippen molar-refractivity contribution in [2.24, 2.45) is 34.4 Å². The molecule has 38 heavy (non-hydrogen) atoms. The monoisotopic (exact) mass is 529 g/mol. The maximum absolute atomic E-state index is 9.47. The third kappa shape index (κ3) is 6.79. The van der Waals surface area contributed by atoms with Crippen LogP contribution in [0.5, 0.6) is 0 Å². The molecule has 0 aromatic carbocycles. The molecule has 2 saturated heterocycles. The molecule has 3 aliphatic heterocycles. The predicted octanol–water partition coefficient (Wildman–Crippen LogP) is 5.42. The molecule has 0 radical (unpaired) electrons. The topological polar surface area (TPSA) is 75.2 Å². The van der Waals surface area contributed by atoms with E-state index in [1.54, 1.807) is 0 Å². The fourth-order valence-electron chi connectivity index (χ4n) is 7.67. The Labute approximate surface area is 234 Å². The van der Waals surface area contributed by atoms with Gasteiger partial charge in [0.2, 0.25) is 0 Å². The van der Waals surface area contributed by atoms with Crippen molar-refractivity contribution < 1.29 is 0 Å². The molecule has 218 valence electrons. The molecule has 0 aromatic heterocycles. The largest absolute Gasteiger partial charge is 0.370 e. The smallest absolute Gasteiger partial charge is 0.195 e. The highest BCUT2D eigenvalue weighted by atomic mass is 15.5. The zero-order valence-corrected chi connectivity index (χ0v) is 25.5. The third-order valence-electron chi connectivity index (χ3n) is 10.0. The van der Waals surface area contributed by atoms with Crippen molar-refractivity contribution in [1.29, 1.82) is 5.41 Å². The molecule has 0 aromatic rings. The lowest BCUT2D eigenvalue weighted by Crippen LogP contribution is -2.56. The highest BCUT2D eigenvalue weighted by Crippen LogP contribution is 2.36. The van der Waals surface area contributed by atoms with Crippen molar-refractivity contribution in [3.8, 4) is 0 Å². The highest BCUT2D eigenvalue weighted by Gasteiger charge is 2.45. The second-order valence-electron chi connectivity index (χ2n) is 13.9. The lowest BCUT2D eigenvalue weighted by atomic mass is 9.85. The molecule has 4 aliphatic rings. The zero-order chi connectivity index (χ0) is 27.4. The number of nitrogens with two attached hydrogens (primary N) is 1. The molecule has 3 fully saturated rings. The molecular weight excluding hydrogens is 470 g/mol. The number of nitrogens with zero attached hydrogens (tertiary/aromatic N) is 5. The van der Waals surface area contributed by atoms with Gasteiger partial charge in [0.25, 0.3) is 0 Å². The van der Waals surface area contributed by atoms with Crippen LogP contribution in [0.2, 0.25) is 0 Å².